The number of nitrogens with zero attached hydrogens (tertiary/aromatic N) is 3. The molecule has 0 spiro atoms. The maximum atomic E-state index is 11.8. The van der Waals surface area contributed by atoms with Gasteiger partial charge in [0, 0.05) is 7.05 Å². The maximum absolute atomic E-state index is 11.8. The van der Waals surface area contributed by atoms with Crippen molar-refractivity contribution in [3.8, 4) is 0 Å². The van der Waals surface area contributed by atoms with Crippen LogP contribution in [0.1, 0.15) is 9.67 Å². The Hall–Kier alpha value is -0.660. The van der Waals surface area contributed by atoms with Crippen LogP contribution in [-0.4, -0.2) is 26.3 Å². The average molecular weight is 318 g/mol. The molecule has 2 rings (SSSR count). The molecule has 2 heterocycles. The Kier molecular flexibility index (Phi) is 3.78. The van der Waals surface area contributed by atoms with E-state index in [0.29, 0.717) is 5.75 Å². The van der Waals surface area contributed by atoms with Crippen LogP contribution in [-0.2, 0) is 7.05 Å². The summed E-state index contributed by atoms with van der Waals surface area (Å²) in [6.07, 6.45) is 1.48. The van der Waals surface area contributed by atoms with Crippen LogP contribution in [0.15, 0.2) is 27.4 Å². The number of thioether (sulfide) groups is 1. The molecule has 0 aromatic carbocycles. The molecule has 0 aliphatic heterocycles. The highest BCUT2D eigenvalue weighted by Crippen LogP contribution is 2.24. The molecule has 0 unspecified atom stereocenters. The molecule has 0 aliphatic rings. The quantitative estimate of drug-likeness (QED) is 0.642. The summed E-state index contributed by atoms with van der Waals surface area (Å²) >= 11 is 6.18. The highest BCUT2D eigenvalue weighted by Gasteiger charge is 2.11. The largest absolute Gasteiger partial charge is 0.292 e. The van der Waals surface area contributed by atoms with E-state index in [0.717, 1.165) is 13.8 Å². The lowest BCUT2D eigenvalue weighted by atomic mass is 10.4. The molecule has 0 saturated heterocycles. The van der Waals surface area contributed by atoms with Gasteiger partial charge in [0.2, 0.25) is 0 Å². The fraction of sp³-hybridized carbons (Fsp3) is 0.222. The number of halogens is 1. The van der Waals surface area contributed by atoms with Crippen molar-refractivity contribution in [2.75, 3.05) is 5.75 Å². The first-order chi connectivity index (χ1) is 7.66. The summed E-state index contributed by atoms with van der Waals surface area (Å²) in [4.78, 5) is 16.6. The second-order valence-electron chi connectivity index (χ2n) is 2.98. The fourth-order valence-electron chi connectivity index (χ4n) is 1.08. The number of aromatic nitrogens is 3. The van der Waals surface area contributed by atoms with Gasteiger partial charge >= 0.3 is 0 Å². The molecule has 0 atom stereocenters. The van der Waals surface area contributed by atoms with Crippen molar-refractivity contribution in [3.05, 3.63) is 27.1 Å². The van der Waals surface area contributed by atoms with Crippen molar-refractivity contribution >= 4 is 44.8 Å². The van der Waals surface area contributed by atoms with Gasteiger partial charge in [-0.15, -0.1) is 11.3 Å². The molecule has 84 valence electrons. The fourth-order valence-corrected chi connectivity index (χ4v) is 3.27. The number of carbonyl (C=O) groups is 1. The van der Waals surface area contributed by atoms with Gasteiger partial charge in [-0.2, -0.15) is 5.10 Å². The monoisotopic (exact) mass is 317 g/mol. The second kappa shape index (κ2) is 5.11. The molecule has 0 N–H and O–H groups in total. The third-order valence-corrected chi connectivity index (χ3v) is 4.55. The Bertz CT molecular complexity index is 508. The van der Waals surface area contributed by atoms with E-state index >= 15 is 0 Å². The molecule has 4 nitrogen and oxygen atoms in total. The number of hydrogen-bond acceptors (Lipinski definition) is 5. The predicted molar refractivity (Wildman–Crippen MR) is 68.1 cm³/mol. The Balaban J connectivity index is 1.96. The van der Waals surface area contributed by atoms with Gasteiger partial charge in [-0.25, -0.2) is 9.67 Å². The average Bonchev–Trinajstić information content (AvgIpc) is 2.84. The minimum atomic E-state index is 0.115. The lowest BCUT2D eigenvalue weighted by Crippen LogP contribution is -2.01. The molecule has 0 aliphatic carbocycles. The van der Waals surface area contributed by atoms with Gasteiger partial charge in [0.15, 0.2) is 10.9 Å². The van der Waals surface area contributed by atoms with Crippen LogP contribution in [0.2, 0.25) is 0 Å². The van der Waals surface area contributed by atoms with Gasteiger partial charge in [0.25, 0.3) is 0 Å². The zero-order chi connectivity index (χ0) is 11.5. The van der Waals surface area contributed by atoms with Crippen LogP contribution in [0.3, 0.4) is 0 Å². The Morgan fingerprint density at radius 1 is 1.62 bits per heavy atom. The minimum absolute atomic E-state index is 0.115. The third kappa shape index (κ3) is 2.72. The third-order valence-electron chi connectivity index (χ3n) is 1.85. The van der Waals surface area contributed by atoms with Crippen LogP contribution >= 0.6 is 39.0 Å². The van der Waals surface area contributed by atoms with Gasteiger partial charge in [-0.05, 0) is 28.1 Å². The first kappa shape index (κ1) is 11.8. The SMILES string of the molecule is Cn1ncnc1SCC(=O)c1ccc(Br)s1. The number of aryl methyl sites for hydroxylation is 1. The van der Waals surface area contributed by atoms with E-state index < -0.39 is 0 Å². The summed E-state index contributed by atoms with van der Waals surface area (Å²) in [6, 6.07) is 3.71. The summed E-state index contributed by atoms with van der Waals surface area (Å²) in [5.74, 6) is 0.503. The van der Waals surface area contributed by atoms with Gasteiger partial charge in [0.05, 0.1) is 14.4 Å². The zero-order valence-corrected chi connectivity index (χ0v) is 11.6. The molecule has 2 aromatic rings. The number of rotatable bonds is 4. The Morgan fingerprint density at radius 3 is 3.00 bits per heavy atom. The van der Waals surface area contributed by atoms with E-state index in [1.807, 2.05) is 19.2 Å². The van der Waals surface area contributed by atoms with Crippen molar-refractivity contribution in [2.24, 2.45) is 7.05 Å². The Morgan fingerprint density at radius 2 is 2.44 bits per heavy atom. The number of carbonyl (C=O) groups excluding carboxylic acids is 1. The second-order valence-corrected chi connectivity index (χ2v) is 6.39. The van der Waals surface area contributed by atoms with Crippen molar-refractivity contribution in [3.63, 3.8) is 0 Å². The summed E-state index contributed by atoms with van der Waals surface area (Å²) in [7, 11) is 1.81. The molecule has 0 bridgehead atoms. The topological polar surface area (TPSA) is 47.8 Å². The summed E-state index contributed by atoms with van der Waals surface area (Å²) < 4.78 is 2.63. The van der Waals surface area contributed by atoms with Gasteiger partial charge in [-0.1, -0.05) is 11.8 Å². The predicted octanol–water partition coefficient (Wildman–Crippen LogP) is 2.61. The highest BCUT2D eigenvalue weighted by molar-refractivity contribution is 9.11. The van der Waals surface area contributed by atoms with Crippen LogP contribution in [0.25, 0.3) is 0 Å². The zero-order valence-electron chi connectivity index (χ0n) is 8.38. The van der Waals surface area contributed by atoms with E-state index in [2.05, 4.69) is 26.0 Å². The van der Waals surface area contributed by atoms with E-state index in [9.17, 15) is 4.79 Å². The summed E-state index contributed by atoms with van der Waals surface area (Å²) in [6.45, 7) is 0. The molecule has 7 heteroatoms. The van der Waals surface area contributed by atoms with Crippen molar-refractivity contribution in [1.29, 1.82) is 0 Å². The van der Waals surface area contributed by atoms with Crippen LogP contribution < -0.4 is 0 Å². The van der Waals surface area contributed by atoms with E-state index in [1.54, 1.807) is 4.68 Å². The molecule has 0 radical (unpaired) electrons. The summed E-state index contributed by atoms with van der Waals surface area (Å²) in [5, 5.41) is 4.69. The van der Waals surface area contributed by atoms with E-state index in [1.165, 1.54) is 29.4 Å². The standard InChI is InChI=1S/C9H8BrN3OS2/c1-13-9(11-5-12-13)15-4-6(14)7-2-3-8(10)16-7/h2-3,5H,4H2,1H3. The van der Waals surface area contributed by atoms with Gasteiger partial charge < -0.3 is 0 Å². The summed E-state index contributed by atoms with van der Waals surface area (Å²) in [5.41, 5.74) is 0. The normalized spacial score (nSPS) is 10.6. The van der Waals surface area contributed by atoms with Crippen LogP contribution in [0.4, 0.5) is 0 Å². The molecule has 16 heavy (non-hydrogen) atoms. The van der Waals surface area contributed by atoms with Crippen LogP contribution in [0, 0.1) is 0 Å². The molecule has 0 amide bonds. The highest BCUT2D eigenvalue weighted by atomic mass is 79.9. The van der Waals surface area contributed by atoms with Gasteiger partial charge in [-0.3, -0.25) is 4.79 Å². The van der Waals surface area contributed by atoms with E-state index in [4.69, 9.17) is 0 Å². The van der Waals surface area contributed by atoms with Crippen LogP contribution in [0.5, 0.6) is 0 Å². The molecule has 0 fully saturated rings. The lowest BCUT2D eigenvalue weighted by Gasteiger charge is -1.98. The first-order valence-electron chi connectivity index (χ1n) is 4.42. The van der Waals surface area contributed by atoms with E-state index in [-0.39, 0.29) is 5.78 Å². The number of ketones is 1. The number of hydrogen-bond donors (Lipinski definition) is 0. The van der Waals surface area contributed by atoms with Crippen molar-refractivity contribution in [2.45, 2.75) is 5.16 Å². The van der Waals surface area contributed by atoms with Gasteiger partial charge in [0.1, 0.15) is 6.33 Å². The lowest BCUT2D eigenvalue weighted by molar-refractivity contribution is 0.102. The first-order valence-corrected chi connectivity index (χ1v) is 7.01. The number of Topliss-reactive ketones (excluding diaryl/α,β-unsaturated/α-hetero) is 1. The Labute approximate surface area is 109 Å². The minimum Gasteiger partial charge on any atom is -0.292 e. The molecular formula is C9H8BrN3OS2. The molecular weight excluding hydrogens is 310 g/mol. The maximum Gasteiger partial charge on any atom is 0.186 e. The number of thiophene rings is 1. The molecule has 2 aromatic heterocycles. The van der Waals surface area contributed by atoms with Crippen molar-refractivity contribution < 1.29 is 4.79 Å². The smallest absolute Gasteiger partial charge is 0.186 e. The molecule has 0 saturated carbocycles. The van der Waals surface area contributed by atoms with Crippen molar-refractivity contribution in [1.82, 2.24) is 14.8 Å².